The highest BCUT2D eigenvalue weighted by Crippen LogP contribution is 2.37. The first kappa shape index (κ1) is 22.6. The molecule has 162 valence electrons. The third-order valence-corrected chi connectivity index (χ3v) is 10.7. The summed E-state index contributed by atoms with van der Waals surface area (Å²) in [4.78, 5) is 0. The number of rotatable bonds is 8. The number of halogens is 1. The standard InChI is InChI=1S/C25H34FNO2Si/c1-7-27-17-20(13-14-29-30(5,6)25(2,3)4)24-22(27)15-21(26)16-23(24)28-18-19-11-9-8-10-12-19/h8-12,15-17H,7,13-14,18H2,1-6H3. The Labute approximate surface area is 181 Å². The van der Waals surface area contributed by atoms with Crippen LogP contribution in [0.3, 0.4) is 0 Å². The summed E-state index contributed by atoms with van der Waals surface area (Å²) in [6.45, 7) is 15.2. The molecule has 0 atom stereocenters. The van der Waals surface area contributed by atoms with Gasteiger partial charge in [0.05, 0.1) is 5.52 Å². The molecule has 0 fully saturated rings. The van der Waals surface area contributed by atoms with Crippen molar-refractivity contribution in [1.29, 1.82) is 0 Å². The van der Waals surface area contributed by atoms with Crippen LogP contribution in [0.4, 0.5) is 4.39 Å². The zero-order chi connectivity index (χ0) is 21.9. The van der Waals surface area contributed by atoms with Crippen LogP contribution < -0.4 is 4.74 Å². The first-order chi connectivity index (χ1) is 14.1. The Bertz CT molecular complexity index is 990. The molecule has 1 heterocycles. The van der Waals surface area contributed by atoms with Gasteiger partial charge in [-0.1, -0.05) is 51.1 Å². The Morgan fingerprint density at radius 3 is 2.40 bits per heavy atom. The van der Waals surface area contributed by atoms with E-state index in [1.807, 2.05) is 30.3 Å². The lowest BCUT2D eigenvalue weighted by molar-refractivity contribution is 0.291. The van der Waals surface area contributed by atoms with Gasteiger partial charge < -0.3 is 13.7 Å². The number of nitrogens with zero attached hydrogens (tertiary/aromatic N) is 1. The second-order valence-corrected chi connectivity index (χ2v) is 14.2. The molecule has 0 saturated heterocycles. The summed E-state index contributed by atoms with van der Waals surface area (Å²) < 4.78 is 29.0. The summed E-state index contributed by atoms with van der Waals surface area (Å²) in [7, 11) is -1.81. The highest BCUT2D eigenvalue weighted by molar-refractivity contribution is 6.74. The number of aromatic nitrogens is 1. The van der Waals surface area contributed by atoms with Gasteiger partial charge in [0.1, 0.15) is 18.2 Å². The minimum atomic E-state index is -1.81. The zero-order valence-corrected chi connectivity index (χ0v) is 20.1. The molecule has 0 unspecified atom stereocenters. The molecular weight excluding hydrogens is 393 g/mol. The zero-order valence-electron chi connectivity index (χ0n) is 19.1. The molecule has 1 aromatic heterocycles. The molecule has 0 aliphatic heterocycles. The molecule has 0 aliphatic rings. The first-order valence-electron chi connectivity index (χ1n) is 10.7. The van der Waals surface area contributed by atoms with Crippen molar-refractivity contribution in [3.8, 4) is 5.75 Å². The lowest BCUT2D eigenvalue weighted by atomic mass is 10.1. The number of ether oxygens (including phenoxy) is 1. The summed E-state index contributed by atoms with van der Waals surface area (Å²) >= 11 is 0. The molecular formula is C25H34FNO2Si. The molecule has 3 aromatic rings. The first-order valence-corrected chi connectivity index (χ1v) is 13.6. The van der Waals surface area contributed by atoms with Crippen LogP contribution in [0.1, 0.15) is 38.8 Å². The van der Waals surface area contributed by atoms with Crippen molar-refractivity contribution < 1.29 is 13.6 Å². The maximum absolute atomic E-state index is 14.4. The number of hydrogen-bond acceptors (Lipinski definition) is 2. The maximum Gasteiger partial charge on any atom is 0.191 e. The van der Waals surface area contributed by atoms with Crippen molar-refractivity contribution in [2.45, 2.75) is 65.4 Å². The Morgan fingerprint density at radius 2 is 1.77 bits per heavy atom. The lowest BCUT2D eigenvalue weighted by Gasteiger charge is -2.36. The summed E-state index contributed by atoms with van der Waals surface area (Å²) in [5, 5.41) is 1.17. The van der Waals surface area contributed by atoms with Crippen LogP contribution in [0, 0.1) is 5.82 Å². The van der Waals surface area contributed by atoms with Crippen molar-refractivity contribution in [1.82, 2.24) is 4.57 Å². The second kappa shape index (κ2) is 8.94. The number of benzene rings is 2. The van der Waals surface area contributed by atoms with E-state index in [1.54, 1.807) is 6.07 Å². The average molecular weight is 428 g/mol. The number of aryl methyl sites for hydroxylation is 1. The van der Waals surface area contributed by atoms with E-state index in [-0.39, 0.29) is 10.9 Å². The van der Waals surface area contributed by atoms with Crippen LogP contribution in [-0.4, -0.2) is 19.5 Å². The van der Waals surface area contributed by atoms with Crippen LogP contribution in [0.5, 0.6) is 5.75 Å². The van der Waals surface area contributed by atoms with Gasteiger partial charge in [-0.25, -0.2) is 4.39 Å². The van der Waals surface area contributed by atoms with Crippen LogP contribution in [-0.2, 0) is 24.0 Å². The Balaban J connectivity index is 1.88. The van der Waals surface area contributed by atoms with Crippen LogP contribution in [0.25, 0.3) is 10.9 Å². The van der Waals surface area contributed by atoms with Crippen LogP contribution in [0.2, 0.25) is 18.1 Å². The van der Waals surface area contributed by atoms with Gasteiger partial charge in [-0.3, -0.25) is 0 Å². The molecule has 0 N–H and O–H groups in total. The van der Waals surface area contributed by atoms with Crippen molar-refractivity contribution in [3.05, 3.63) is 65.6 Å². The SMILES string of the molecule is CCn1cc(CCO[Si](C)(C)C(C)(C)C)c2c(OCc3ccccc3)cc(F)cc21. The van der Waals surface area contributed by atoms with E-state index in [9.17, 15) is 4.39 Å². The van der Waals surface area contributed by atoms with E-state index in [1.165, 1.54) is 6.07 Å². The van der Waals surface area contributed by atoms with Gasteiger partial charge in [-0.15, -0.1) is 0 Å². The number of fused-ring (bicyclic) bond motifs is 1. The van der Waals surface area contributed by atoms with Gasteiger partial charge >= 0.3 is 0 Å². The van der Waals surface area contributed by atoms with Gasteiger partial charge in [0, 0.05) is 30.8 Å². The molecule has 3 nitrogen and oxygen atoms in total. The summed E-state index contributed by atoms with van der Waals surface area (Å²) in [6, 6.07) is 13.1. The monoisotopic (exact) mass is 427 g/mol. The minimum Gasteiger partial charge on any atom is -0.488 e. The largest absolute Gasteiger partial charge is 0.488 e. The van der Waals surface area contributed by atoms with E-state index >= 15 is 0 Å². The lowest BCUT2D eigenvalue weighted by Crippen LogP contribution is -2.41. The molecule has 0 radical (unpaired) electrons. The Kier molecular flexibility index (Phi) is 6.73. The van der Waals surface area contributed by atoms with Crippen molar-refractivity contribution >= 4 is 19.2 Å². The molecule has 0 bridgehead atoms. The van der Waals surface area contributed by atoms with Crippen LogP contribution >= 0.6 is 0 Å². The molecule has 0 aliphatic carbocycles. The summed E-state index contributed by atoms with van der Waals surface area (Å²) in [6.07, 6.45) is 2.90. The van der Waals surface area contributed by atoms with E-state index in [4.69, 9.17) is 9.16 Å². The third kappa shape index (κ3) is 4.95. The molecule has 30 heavy (non-hydrogen) atoms. The molecule has 0 saturated carbocycles. The fourth-order valence-corrected chi connectivity index (χ4v) is 4.42. The predicted octanol–water partition coefficient (Wildman–Crippen LogP) is 6.94. The van der Waals surface area contributed by atoms with Crippen molar-refractivity contribution in [3.63, 3.8) is 0 Å². The second-order valence-electron chi connectivity index (χ2n) is 9.37. The molecule has 0 spiro atoms. The topological polar surface area (TPSA) is 23.4 Å². The molecule has 3 rings (SSSR count). The van der Waals surface area contributed by atoms with Gasteiger partial charge in [0.25, 0.3) is 0 Å². The highest BCUT2D eigenvalue weighted by atomic mass is 28.4. The van der Waals surface area contributed by atoms with E-state index in [2.05, 4.69) is 51.6 Å². The maximum atomic E-state index is 14.4. The predicted molar refractivity (Wildman–Crippen MR) is 125 cm³/mol. The normalized spacial score (nSPS) is 12.5. The fourth-order valence-electron chi connectivity index (χ4n) is 3.37. The molecule has 2 aromatic carbocycles. The smallest absolute Gasteiger partial charge is 0.191 e. The summed E-state index contributed by atoms with van der Waals surface area (Å²) in [5.74, 6) is 0.325. The third-order valence-electron chi connectivity index (χ3n) is 6.21. The van der Waals surface area contributed by atoms with Gasteiger partial charge in [0.2, 0.25) is 0 Å². The van der Waals surface area contributed by atoms with Crippen molar-refractivity contribution in [2.24, 2.45) is 0 Å². The minimum absolute atomic E-state index is 0.178. The fraction of sp³-hybridized carbons (Fsp3) is 0.440. The van der Waals surface area contributed by atoms with Crippen LogP contribution in [0.15, 0.2) is 48.7 Å². The average Bonchev–Trinajstić information content (AvgIpc) is 3.03. The molecule has 0 amide bonds. The van der Waals surface area contributed by atoms with Crippen molar-refractivity contribution in [2.75, 3.05) is 6.61 Å². The Morgan fingerprint density at radius 1 is 1.07 bits per heavy atom. The van der Waals surface area contributed by atoms with Gasteiger partial charge in [0.15, 0.2) is 8.32 Å². The number of hydrogen-bond donors (Lipinski definition) is 0. The Hall–Kier alpha value is -2.11. The van der Waals surface area contributed by atoms with E-state index < -0.39 is 8.32 Å². The van der Waals surface area contributed by atoms with Gasteiger partial charge in [-0.05, 0) is 48.7 Å². The quantitative estimate of drug-likeness (QED) is 0.363. The highest BCUT2D eigenvalue weighted by Gasteiger charge is 2.36. The van der Waals surface area contributed by atoms with E-state index in [0.717, 1.165) is 35.0 Å². The van der Waals surface area contributed by atoms with E-state index in [0.29, 0.717) is 19.0 Å². The van der Waals surface area contributed by atoms with Gasteiger partial charge in [-0.2, -0.15) is 0 Å². The summed E-state index contributed by atoms with van der Waals surface area (Å²) in [5.41, 5.74) is 3.09. The molecule has 5 heteroatoms.